The van der Waals surface area contributed by atoms with Crippen LogP contribution in [0, 0.1) is 6.92 Å². The molecule has 2 rings (SSSR count). The molecule has 1 fully saturated rings. The van der Waals surface area contributed by atoms with Crippen molar-refractivity contribution in [2.24, 2.45) is 0 Å². The molecule has 0 spiro atoms. The van der Waals surface area contributed by atoms with Crippen molar-refractivity contribution in [3.05, 3.63) is 32.1 Å². The van der Waals surface area contributed by atoms with E-state index >= 15 is 0 Å². The SMILES string of the molecule is Cc1[nH]c(=O)[nH]c(=O)c1CN1CCNCC1.Cl.Cl. The van der Waals surface area contributed by atoms with Crippen molar-refractivity contribution in [2.45, 2.75) is 13.5 Å². The van der Waals surface area contributed by atoms with Crippen LogP contribution >= 0.6 is 24.8 Å². The molecule has 1 aromatic rings. The van der Waals surface area contributed by atoms with E-state index in [1.807, 2.05) is 0 Å². The summed E-state index contributed by atoms with van der Waals surface area (Å²) in [6.07, 6.45) is 0. The molecule has 8 heteroatoms. The number of aromatic amines is 2. The second-order valence-corrected chi connectivity index (χ2v) is 4.04. The minimum atomic E-state index is -0.438. The van der Waals surface area contributed by atoms with E-state index in [1.165, 1.54) is 0 Å². The molecule has 0 saturated carbocycles. The summed E-state index contributed by atoms with van der Waals surface area (Å²) in [6, 6.07) is 0. The highest BCUT2D eigenvalue weighted by Gasteiger charge is 2.13. The molecular formula is C10H18Cl2N4O2. The van der Waals surface area contributed by atoms with E-state index in [4.69, 9.17) is 0 Å². The third-order valence-corrected chi connectivity index (χ3v) is 2.85. The summed E-state index contributed by atoms with van der Waals surface area (Å²) >= 11 is 0. The van der Waals surface area contributed by atoms with Gasteiger partial charge in [-0.2, -0.15) is 0 Å². The molecule has 0 radical (unpaired) electrons. The van der Waals surface area contributed by atoms with Gasteiger partial charge in [0.1, 0.15) is 0 Å². The lowest BCUT2D eigenvalue weighted by atomic mass is 10.2. The molecule has 1 aliphatic rings. The van der Waals surface area contributed by atoms with Crippen molar-refractivity contribution < 1.29 is 0 Å². The fourth-order valence-electron chi connectivity index (χ4n) is 1.91. The molecule has 2 heterocycles. The molecule has 0 aliphatic carbocycles. The van der Waals surface area contributed by atoms with E-state index in [1.54, 1.807) is 6.92 Å². The van der Waals surface area contributed by atoms with Gasteiger partial charge in [0.15, 0.2) is 0 Å². The lowest BCUT2D eigenvalue weighted by molar-refractivity contribution is 0.231. The number of aryl methyl sites for hydroxylation is 1. The van der Waals surface area contributed by atoms with E-state index in [2.05, 4.69) is 20.2 Å². The summed E-state index contributed by atoms with van der Waals surface area (Å²) in [5.41, 5.74) is 0.597. The van der Waals surface area contributed by atoms with Gasteiger partial charge < -0.3 is 10.3 Å². The lowest BCUT2D eigenvalue weighted by Crippen LogP contribution is -2.44. The highest BCUT2D eigenvalue weighted by molar-refractivity contribution is 5.85. The number of nitrogens with zero attached hydrogens (tertiary/aromatic N) is 1. The van der Waals surface area contributed by atoms with Gasteiger partial charge in [-0.05, 0) is 6.92 Å². The van der Waals surface area contributed by atoms with Crippen LogP contribution in [-0.2, 0) is 6.54 Å². The van der Waals surface area contributed by atoms with Crippen LogP contribution in [0.4, 0.5) is 0 Å². The van der Waals surface area contributed by atoms with Crippen LogP contribution in [-0.4, -0.2) is 41.0 Å². The van der Waals surface area contributed by atoms with Crippen molar-refractivity contribution in [1.29, 1.82) is 0 Å². The lowest BCUT2D eigenvalue weighted by Gasteiger charge is -2.27. The van der Waals surface area contributed by atoms with Gasteiger partial charge in [0, 0.05) is 38.4 Å². The predicted octanol–water partition coefficient (Wildman–Crippen LogP) is -0.380. The quantitative estimate of drug-likeness (QED) is 0.695. The summed E-state index contributed by atoms with van der Waals surface area (Å²) in [4.78, 5) is 29.7. The average molecular weight is 297 g/mol. The summed E-state index contributed by atoms with van der Waals surface area (Å²) in [7, 11) is 0. The Morgan fingerprint density at radius 1 is 1.11 bits per heavy atom. The first-order valence-corrected chi connectivity index (χ1v) is 5.42. The highest BCUT2D eigenvalue weighted by Crippen LogP contribution is 2.02. The molecule has 3 N–H and O–H groups in total. The van der Waals surface area contributed by atoms with E-state index in [-0.39, 0.29) is 30.4 Å². The van der Waals surface area contributed by atoms with Crippen LogP contribution in [0.2, 0.25) is 0 Å². The number of nitrogens with one attached hydrogen (secondary N) is 3. The summed E-state index contributed by atoms with van der Waals surface area (Å²) in [5, 5.41) is 3.25. The monoisotopic (exact) mass is 296 g/mol. The number of halogens is 2. The van der Waals surface area contributed by atoms with Gasteiger partial charge in [0.2, 0.25) is 0 Å². The Morgan fingerprint density at radius 2 is 1.72 bits per heavy atom. The zero-order valence-corrected chi connectivity index (χ0v) is 11.7. The fraction of sp³-hybridized carbons (Fsp3) is 0.600. The smallest absolute Gasteiger partial charge is 0.314 e. The van der Waals surface area contributed by atoms with Crippen LogP contribution in [0.25, 0.3) is 0 Å². The Hall–Kier alpha value is -0.820. The van der Waals surface area contributed by atoms with Gasteiger partial charge in [0.05, 0.1) is 5.56 Å². The van der Waals surface area contributed by atoms with Crippen LogP contribution in [0.3, 0.4) is 0 Å². The first-order valence-electron chi connectivity index (χ1n) is 5.42. The molecule has 1 aromatic heterocycles. The van der Waals surface area contributed by atoms with Crippen LogP contribution in [0.5, 0.6) is 0 Å². The number of aromatic nitrogens is 2. The summed E-state index contributed by atoms with van der Waals surface area (Å²) in [6.45, 7) is 6.10. The zero-order valence-electron chi connectivity index (χ0n) is 10.1. The second kappa shape index (κ2) is 7.58. The largest absolute Gasteiger partial charge is 0.325 e. The standard InChI is InChI=1S/C10H16N4O2.2ClH/c1-7-8(9(15)13-10(16)12-7)6-14-4-2-11-3-5-14;;/h11H,2-6H2,1H3,(H2,12,13,15,16);2*1H. The first kappa shape index (κ1) is 17.2. The fourth-order valence-corrected chi connectivity index (χ4v) is 1.91. The first-order chi connectivity index (χ1) is 7.66. The van der Waals surface area contributed by atoms with E-state index in [9.17, 15) is 9.59 Å². The minimum absolute atomic E-state index is 0. The maximum Gasteiger partial charge on any atom is 0.325 e. The molecule has 18 heavy (non-hydrogen) atoms. The molecule has 0 bridgehead atoms. The number of rotatable bonds is 2. The Labute approximate surface area is 117 Å². The third-order valence-electron chi connectivity index (χ3n) is 2.85. The van der Waals surface area contributed by atoms with E-state index < -0.39 is 5.69 Å². The molecule has 0 amide bonds. The van der Waals surface area contributed by atoms with Crippen molar-refractivity contribution in [1.82, 2.24) is 20.2 Å². The Balaban J connectivity index is 0.00000144. The maximum atomic E-state index is 11.6. The molecule has 1 aliphatic heterocycles. The molecule has 6 nitrogen and oxygen atoms in total. The number of hydrogen-bond acceptors (Lipinski definition) is 4. The predicted molar refractivity (Wildman–Crippen MR) is 75.1 cm³/mol. The van der Waals surface area contributed by atoms with Crippen LogP contribution < -0.4 is 16.6 Å². The molecule has 1 saturated heterocycles. The topological polar surface area (TPSA) is 81.0 Å². The van der Waals surface area contributed by atoms with Crippen LogP contribution in [0.1, 0.15) is 11.3 Å². The minimum Gasteiger partial charge on any atom is -0.314 e. The Bertz CT molecular complexity index is 480. The molecule has 0 aromatic carbocycles. The van der Waals surface area contributed by atoms with Crippen molar-refractivity contribution in [3.8, 4) is 0 Å². The van der Waals surface area contributed by atoms with Crippen LogP contribution in [0.15, 0.2) is 9.59 Å². The second-order valence-electron chi connectivity index (χ2n) is 4.04. The van der Waals surface area contributed by atoms with Gasteiger partial charge >= 0.3 is 5.69 Å². The molecule has 0 atom stereocenters. The summed E-state index contributed by atoms with van der Waals surface area (Å²) in [5.74, 6) is 0. The van der Waals surface area contributed by atoms with Crippen molar-refractivity contribution in [3.63, 3.8) is 0 Å². The zero-order chi connectivity index (χ0) is 11.5. The van der Waals surface area contributed by atoms with Gasteiger partial charge in [0.25, 0.3) is 5.56 Å². The third kappa shape index (κ3) is 4.13. The average Bonchev–Trinajstić information content (AvgIpc) is 2.25. The Morgan fingerprint density at radius 3 is 2.28 bits per heavy atom. The normalized spacial score (nSPS) is 15.6. The van der Waals surface area contributed by atoms with Gasteiger partial charge in [-0.15, -0.1) is 24.8 Å². The summed E-state index contributed by atoms with van der Waals surface area (Å²) < 4.78 is 0. The van der Waals surface area contributed by atoms with E-state index in [0.717, 1.165) is 26.2 Å². The molecule has 0 unspecified atom stereocenters. The van der Waals surface area contributed by atoms with E-state index in [0.29, 0.717) is 17.8 Å². The maximum absolute atomic E-state index is 11.6. The molecule has 104 valence electrons. The Kier molecular flexibility index (Phi) is 7.23. The number of piperazine rings is 1. The van der Waals surface area contributed by atoms with Gasteiger partial charge in [-0.3, -0.25) is 14.7 Å². The van der Waals surface area contributed by atoms with Crippen molar-refractivity contribution in [2.75, 3.05) is 26.2 Å². The van der Waals surface area contributed by atoms with Crippen molar-refractivity contribution >= 4 is 24.8 Å². The van der Waals surface area contributed by atoms with Gasteiger partial charge in [-0.1, -0.05) is 0 Å². The number of H-pyrrole nitrogens is 2. The molecular weight excluding hydrogens is 279 g/mol. The number of hydrogen-bond donors (Lipinski definition) is 3. The highest BCUT2D eigenvalue weighted by atomic mass is 35.5. The van der Waals surface area contributed by atoms with Gasteiger partial charge in [-0.25, -0.2) is 4.79 Å².